The average Bonchev–Trinajstić information content (AvgIpc) is 3.17. The third-order valence-corrected chi connectivity index (χ3v) is 5.50. The van der Waals surface area contributed by atoms with Gasteiger partial charge in [0.1, 0.15) is 0 Å². The molecule has 0 saturated heterocycles. The first-order valence-corrected chi connectivity index (χ1v) is 10.4. The van der Waals surface area contributed by atoms with Crippen LogP contribution in [0.2, 0.25) is 4.34 Å². The van der Waals surface area contributed by atoms with E-state index >= 15 is 0 Å². The molecule has 0 unspecified atom stereocenters. The number of carbonyl (C=O) groups is 3. The van der Waals surface area contributed by atoms with Crippen molar-refractivity contribution in [3.05, 3.63) is 85.4 Å². The molecule has 0 saturated carbocycles. The minimum atomic E-state index is -1.21. The number of aromatic nitrogens is 1. The first kappa shape index (κ1) is 22.3. The van der Waals surface area contributed by atoms with Crippen molar-refractivity contribution < 1.29 is 19.5 Å². The Labute approximate surface area is 186 Å². The van der Waals surface area contributed by atoms with Gasteiger partial charge in [-0.2, -0.15) is 0 Å². The number of amides is 2. The van der Waals surface area contributed by atoms with Gasteiger partial charge in [-0.05, 0) is 35.9 Å². The lowest BCUT2D eigenvalue weighted by atomic mass is 10.1. The maximum atomic E-state index is 12.2. The van der Waals surface area contributed by atoms with Gasteiger partial charge in [-0.25, -0.2) is 4.79 Å². The molecule has 0 bridgehead atoms. The Morgan fingerprint density at radius 3 is 2.58 bits per heavy atom. The highest BCUT2D eigenvalue weighted by Gasteiger charge is 2.15. The van der Waals surface area contributed by atoms with E-state index < -0.39 is 11.9 Å². The number of rotatable bonds is 8. The molecule has 3 N–H and O–H groups in total. The third-order valence-electron chi connectivity index (χ3n) is 4.28. The van der Waals surface area contributed by atoms with Gasteiger partial charge in [0.05, 0.1) is 27.0 Å². The zero-order valence-corrected chi connectivity index (χ0v) is 17.7. The minimum absolute atomic E-state index is 0.0366. The van der Waals surface area contributed by atoms with Gasteiger partial charge in [-0.1, -0.05) is 23.7 Å². The SMILES string of the molecule is O=C(CCNC(=O)c1ccc(Cl)s1)Nc1ccc(Cn2ccccc2=O)cc1C(=O)O. The van der Waals surface area contributed by atoms with Gasteiger partial charge < -0.3 is 20.3 Å². The lowest BCUT2D eigenvalue weighted by Crippen LogP contribution is -2.27. The van der Waals surface area contributed by atoms with E-state index in [1.54, 1.807) is 36.5 Å². The standard InChI is InChI=1S/C21H18ClN3O5S/c22-17-7-6-16(31-17)20(28)23-9-8-18(26)24-15-5-4-13(11-14(15)21(29)30)12-25-10-2-1-3-19(25)27/h1-7,10-11H,8-9,12H2,(H,23,28)(H,24,26)(H,29,30). The Kier molecular flexibility index (Phi) is 7.22. The lowest BCUT2D eigenvalue weighted by molar-refractivity contribution is -0.116. The Morgan fingerprint density at radius 2 is 1.90 bits per heavy atom. The number of nitrogens with zero attached hydrogens (tertiary/aromatic N) is 1. The Morgan fingerprint density at radius 1 is 1.10 bits per heavy atom. The molecule has 10 heteroatoms. The van der Waals surface area contributed by atoms with Crippen LogP contribution in [0.4, 0.5) is 5.69 Å². The summed E-state index contributed by atoms with van der Waals surface area (Å²) >= 11 is 6.92. The van der Waals surface area contributed by atoms with Gasteiger partial charge in [-0.15, -0.1) is 11.3 Å². The molecule has 0 radical (unpaired) electrons. The Balaban J connectivity index is 1.61. The van der Waals surface area contributed by atoms with Crippen LogP contribution in [0.3, 0.4) is 0 Å². The summed E-state index contributed by atoms with van der Waals surface area (Å²) in [6, 6.07) is 12.5. The van der Waals surface area contributed by atoms with Crippen molar-refractivity contribution in [3.63, 3.8) is 0 Å². The third kappa shape index (κ3) is 6.03. The van der Waals surface area contributed by atoms with Crippen LogP contribution in [-0.2, 0) is 11.3 Å². The first-order chi connectivity index (χ1) is 14.8. The van der Waals surface area contributed by atoms with E-state index in [1.165, 1.54) is 22.8 Å². The van der Waals surface area contributed by atoms with Crippen molar-refractivity contribution in [1.82, 2.24) is 9.88 Å². The maximum absolute atomic E-state index is 12.2. The zero-order chi connectivity index (χ0) is 22.4. The molecule has 0 aliphatic carbocycles. The molecule has 1 aromatic carbocycles. The molecule has 0 spiro atoms. The lowest BCUT2D eigenvalue weighted by Gasteiger charge is -2.12. The summed E-state index contributed by atoms with van der Waals surface area (Å²) in [5, 5.41) is 14.7. The predicted octanol–water partition coefficient (Wildman–Crippen LogP) is 3.07. The fourth-order valence-electron chi connectivity index (χ4n) is 2.79. The van der Waals surface area contributed by atoms with E-state index in [2.05, 4.69) is 10.6 Å². The number of hydrogen-bond acceptors (Lipinski definition) is 5. The van der Waals surface area contributed by atoms with Crippen LogP contribution in [0.25, 0.3) is 0 Å². The van der Waals surface area contributed by atoms with Crippen molar-refractivity contribution in [3.8, 4) is 0 Å². The number of thiophene rings is 1. The summed E-state index contributed by atoms with van der Waals surface area (Å²) < 4.78 is 1.94. The summed E-state index contributed by atoms with van der Waals surface area (Å²) in [6.45, 7) is 0.282. The van der Waals surface area contributed by atoms with E-state index in [1.807, 2.05) is 0 Å². The maximum Gasteiger partial charge on any atom is 0.337 e. The number of benzene rings is 1. The van der Waals surface area contributed by atoms with Gasteiger partial charge in [0.15, 0.2) is 0 Å². The van der Waals surface area contributed by atoms with Crippen LogP contribution in [0.1, 0.15) is 32.0 Å². The highest BCUT2D eigenvalue weighted by Crippen LogP contribution is 2.21. The van der Waals surface area contributed by atoms with Crippen LogP contribution >= 0.6 is 22.9 Å². The monoisotopic (exact) mass is 459 g/mol. The van der Waals surface area contributed by atoms with Crippen molar-refractivity contribution in [2.45, 2.75) is 13.0 Å². The minimum Gasteiger partial charge on any atom is -0.478 e. The van der Waals surface area contributed by atoms with E-state index in [0.717, 1.165) is 11.3 Å². The fraction of sp³-hybridized carbons (Fsp3) is 0.143. The largest absolute Gasteiger partial charge is 0.478 e. The summed E-state index contributed by atoms with van der Waals surface area (Å²) in [5.74, 6) is -1.99. The van der Waals surface area contributed by atoms with Crippen LogP contribution < -0.4 is 16.2 Å². The van der Waals surface area contributed by atoms with Gasteiger partial charge in [-0.3, -0.25) is 14.4 Å². The molecule has 0 aliphatic rings. The molecular formula is C21H18ClN3O5S. The van der Waals surface area contributed by atoms with E-state index in [4.69, 9.17) is 11.6 Å². The number of carboxylic acids is 1. The normalized spacial score (nSPS) is 10.5. The number of anilines is 1. The molecular weight excluding hydrogens is 442 g/mol. The smallest absolute Gasteiger partial charge is 0.337 e. The van der Waals surface area contributed by atoms with Crippen LogP contribution in [0.5, 0.6) is 0 Å². The number of carboxylic acid groups (broad SMARTS) is 1. The number of hydrogen-bond donors (Lipinski definition) is 3. The van der Waals surface area contributed by atoms with E-state index in [-0.39, 0.29) is 42.2 Å². The summed E-state index contributed by atoms with van der Waals surface area (Å²) in [4.78, 5) is 48.1. The van der Waals surface area contributed by atoms with Crippen molar-refractivity contribution in [1.29, 1.82) is 0 Å². The topological polar surface area (TPSA) is 118 Å². The Bertz CT molecular complexity index is 1190. The second-order valence-corrected chi connectivity index (χ2v) is 8.22. The second-order valence-electron chi connectivity index (χ2n) is 6.51. The molecule has 2 amide bonds. The number of nitrogens with one attached hydrogen (secondary N) is 2. The van der Waals surface area contributed by atoms with Crippen LogP contribution in [0, 0.1) is 0 Å². The van der Waals surface area contributed by atoms with Gasteiger partial charge in [0.2, 0.25) is 5.91 Å². The Hall–Kier alpha value is -3.43. The molecule has 8 nitrogen and oxygen atoms in total. The summed E-state index contributed by atoms with van der Waals surface area (Å²) in [7, 11) is 0. The molecule has 0 fully saturated rings. The molecule has 3 aromatic rings. The van der Waals surface area contributed by atoms with Crippen LogP contribution in [-0.4, -0.2) is 34.0 Å². The number of carbonyl (C=O) groups excluding carboxylic acids is 2. The zero-order valence-electron chi connectivity index (χ0n) is 16.1. The molecule has 160 valence electrons. The quantitative estimate of drug-likeness (QED) is 0.478. The molecule has 31 heavy (non-hydrogen) atoms. The fourth-order valence-corrected chi connectivity index (χ4v) is 3.75. The second kappa shape index (κ2) is 10.1. The highest BCUT2D eigenvalue weighted by atomic mass is 35.5. The predicted molar refractivity (Wildman–Crippen MR) is 118 cm³/mol. The summed E-state index contributed by atoms with van der Waals surface area (Å²) in [5.41, 5.74) is 0.444. The van der Waals surface area contributed by atoms with Crippen LogP contribution in [0.15, 0.2) is 59.5 Å². The average molecular weight is 460 g/mol. The van der Waals surface area contributed by atoms with Gasteiger partial charge >= 0.3 is 5.97 Å². The van der Waals surface area contributed by atoms with Crippen molar-refractivity contribution in [2.75, 3.05) is 11.9 Å². The number of halogens is 1. The van der Waals surface area contributed by atoms with Gasteiger partial charge in [0.25, 0.3) is 11.5 Å². The molecule has 3 rings (SSSR count). The number of aromatic carboxylic acids is 1. The summed E-state index contributed by atoms with van der Waals surface area (Å²) in [6.07, 6.45) is 1.57. The molecule has 0 atom stereocenters. The van der Waals surface area contributed by atoms with E-state index in [9.17, 15) is 24.3 Å². The van der Waals surface area contributed by atoms with E-state index in [0.29, 0.717) is 14.8 Å². The molecule has 2 aromatic heterocycles. The first-order valence-electron chi connectivity index (χ1n) is 9.18. The molecule has 2 heterocycles. The van der Waals surface area contributed by atoms with Crippen molar-refractivity contribution >= 4 is 46.4 Å². The number of pyridine rings is 1. The van der Waals surface area contributed by atoms with Gasteiger partial charge in [0, 0.05) is 25.2 Å². The molecule has 0 aliphatic heterocycles. The highest BCUT2D eigenvalue weighted by molar-refractivity contribution is 7.18. The van der Waals surface area contributed by atoms with Crippen molar-refractivity contribution in [2.24, 2.45) is 0 Å².